The van der Waals surface area contributed by atoms with Gasteiger partial charge in [-0.2, -0.15) is 0 Å². The number of benzene rings is 1. The van der Waals surface area contributed by atoms with Crippen molar-refractivity contribution < 1.29 is 4.79 Å². The largest absolute Gasteiger partial charge is 0.369 e. The van der Waals surface area contributed by atoms with Crippen LogP contribution in [0.2, 0.25) is 0 Å². The Bertz CT molecular complexity index is 415. The summed E-state index contributed by atoms with van der Waals surface area (Å²) in [4.78, 5) is 13.5. The number of primary amides is 1. The van der Waals surface area contributed by atoms with Gasteiger partial charge in [0.1, 0.15) is 0 Å². The fourth-order valence-electron chi connectivity index (χ4n) is 2.51. The lowest BCUT2D eigenvalue weighted by atomic mass is 10.0. The van der Waals surface area contributed by atoms with E-state index >= 15 is 0 Å². The fraction of sp³-hybridized carbons (Fsp3) is 0.500. The molecule has 1 aliphatic rings. The van der Waals surface area contributed by atoms with Gasteiger partial charge in [0.15, 0.2) is 0 Å². The van der Waals surface area contributed by atoms with Crippen LogP contribution >= 0.6 is 22.6 Å². The molecule has 0 atom stereocenters. The molecule has 5 heteroatoms. The number of rotatable bonds is 5. The van der Waals surface area contributed by atoms with Crippen LogP contribution in [0.25, 0.3) is 0 Å². The normalized spacial score (nSPS) is 16.7. The number of nitrogens with zero attached hydrogens (tertiary/aromatic N) is 1. The fourth-order valence-corrected chi connectivity index (χ4v) is 2.87. The van der Waals surface area contributed by atoms with E-state index in [-0.39, 0.29) is 5.91 Å². The highest BCUT2D eigenvalue weighted by atomic mass is 127. The van der Waals surface area contributed by atoms with Crippen molar-refractivity contribution in [3.8, 4) is 0 Å². The second-order valence-electron chi connectivity index (χ2n) is 4.98. The summed E-state index contributed by atoms with van der Waals surface area (Å²) in [6.07, 6.45) is 2.16. The van der Waals surface area contributed by atoms with Crippen molar-refractivity contribution in [2.75, 3.05) is 19.6 Å². The minimum absolute atomic E-state index is 0.246. The van der Waals surface area contributed by atoms with Gasteiger partial charge in [-0.1, -0.05) is 12.1 Å². The first-order chi connectivity index (χ1) is 9.15. The summed E-state index contributed by atoms with van der Waals surface area (Å²) in [5.74, 6) is -0.246. The van der Waals surface area contributed by atoms with E-state index in [4.69, 9.17) is 5.73 Å². The van der Waals surface area contributed by atoms with E-state index in [1.807, 2.05) is 0 Å². The average Bonchev–Trinajstić information content (AvgIpc) is 2.41. The second-order valence-corrected chi connectivity index (χ2v) is 6.22. The van der Waals surface area contributed by atoms with E-state index in [9.17, 15) is 4.79 Å². The van der Waals surface area contributed by atoms with Crippen molar-refractivity contribution >= 4 is 28.5 Å². The number of amides is 1. The van der Waals surface area contributed by atoms with Crippen LogP contribution in [0.15, 0.2) is 24.3 Å². The van der Waals surface area contributed by atoms with E-state index in [0.29, 0.717) is 12.6 Å². The third-order valence-corrected chi connectivity index (χ3v) is 4.20. The van der Waals surface area contributed by atoms with Gasteiger partial charge in [0.05, 0.1) is 6.54 Å². The third-order valence-electron chi connectivity index (χ3n) is 3.48. The Morgan fingerprint density at radius 3 is 2.53 bits per heavy atom. The molecule has 0 aliphatic carbocycles. The average molecular weight is 373 g/mol. The Kier molecular flexibility index (Phi) is 5.59. The molecule has 1 aromatic carbocycles. The van der Waals surface area contributed by atoms with Gasteiger partial charge in [-0.05, 0) is 66.2 Å². The van der Waals surface area contributed by atoms with Crippen LogP contribution in [0.5, 0.6) is 0 Å². The highest BCUT2D eigenvalue weighted by molar-refractivity contribution is 14.1. The zero-order valence-corrected chi connectivity index (χ0v) is 13.1. The predicted molar refractivity (Wildman–Crippen MR) is 84.7 cm³/mol. The van der Waals surface area contributed by atoms with Gasteiger partial charge < -0.3 is 11.1 Å². The smallest absolute Gasteiger partial charge is 0.231 e. The lowest BCUT2D eigenvalue weighted by molar-refractivity contribution is -0.120. The topological polar surface area (TPSA) is 58.4 Å². The molecule has 0 aromatic heterocycles. The lowest BCUT2D eigenvalue weighted by Gasteiger charge is -2.33. The van der Waals surface area contributed by atoms with E-state index in [2.05, 4.69) is 57.1 Å². The molecule has 1 aliphatic heterocycles. The Morgan fingerprint density at radius 2 is 1.95 bits per heavy atom. The quantitative estimate of drug-likeness (QED) is 0.766. The van der Waals surface area contributed by atoms with Crippen molar-refractivity contribution in [1.29, 1.82) is 0 Å². The summed E-state index contributed by atoms with van der Waals surface area (Å²) in [6.45, 7) is 3.18. The molecule has 4 nitrogen and oxygen atoms in total. The predicted octanol–water partition coefficient (Wildman–Crippen LogP) is 1.33. The molecule has 2 rings (SSSR count). The van der Waals surface area contributed by atoms with Crippen molar-refractivity contribution in [3.05, 3.63) is 33.4 Å². The summed E-state index contributed by atoms with van der Waals surface area (Å²) in [7, 11) is 0. The maximum Gasteiger partial charge on any atom is 0.231 e. The summed E-state index contributed by atoms with van der Waals surface area (Å²) in [5.41, 5.74) is 6.62. The maximum absolute atomic E-state index is 11.3. The summed E-state index contributed by atoms with van der Waals surface area (Å²) in [5, 5.41) is 3.35. The molecule has 1 heterocycles. The number of hydrogen-bond acceptors (Lipinski definition) is 3. The van der Waals surface area contributed by atoms with E-state index in [1.165, 1.54) is 9.13 Å². The minimum atomic E-state index is -0.246. The Balaban J connectivity index is 2.03. The Labute approximate surface area is 127 Å². The second kappa shape index (κ2) is 7.21. The minimum Gasteiger partial charge on any atom is -0.369 e. The number of halogens is 1. The Morgan fingerprint density at radius 1 is 1.32 bits per heavy atom. The molecule has 1 aromatic rings. The molecule has 3 N–H and O–H groups in total. The number of carbonyl (C=O) groups excluding carboxylic acids is 1. The molecule has 0 spiro atoms. The van der Waals surface area contributed by atoms with Crippen LogP contribution in [-0.4, -0.2) is 36.5 Å². The number of nitrogens with one attached hydrogen (secondary N) is 1. The molecule has 104 valence electrons. The van der Waals surface area contributed by atoms with Gasteiger partial charge in [-0.15, -0.1) is 0 Å². The molecule has 19 heavy (non-hydrogen) atoms. The van der Waals surface area contributed by atoms with Crippen LogP contribution in [0.4, 0.5) is 0 Å². The van der Waals surface area contributed by atoms with Gasteiger partial charge in [0.2, 0.25) is 5.91 Å². The van der Waals surface area contributed by atoms with Crippen LogP contribution < -0.4 is 11.1 Å². The van der Waals surface area contributed by atoms with Crippen LogP contribution in [-0.2, 0) is 11.3 Å². The molecule has 0 saturated carbocycles. The molecule has 0 radical (unpaired) electrons. The summed E-state index contributed by atoms with van der Waals surface area (Å²) < 4.78 is 1.23. The number of nitrogens with two attached hydrogens (primary N) is 1. The van der Waals surface area contributed by atoms with Gasteiger partial charge in [0.25, 0.3) is 0 Å². The molecule has 1 amide bonds. The number of carbonyl (C=O) groups is 1. The zero-order chi connectivity index (χ0) is 13.7. The summed E-state index contributed by atoms with van der Waals surface area (Å²) >= 11 is 2.30. The van der Waals surface area contributed by atoms with Gasteiger partial charge in [0, 0.05) is 16.2 Å². The van der Waals surface area contributed by atoms with Gasteiger partial charge in [-0.25, -0.2) is 0 Å². The van der Waals surface area contributed by atoms with Crippen LogP contribution in [0.3, 0.4) is 0 Å². The van der Waals surface area contributed by atoms with Crippen molar-refractivity contribution in [1.82, 2.24) is 10.2 Å². The molecular formula is C14H20IN3O. The van der Waals surface area contributed by atoms with E-state index in [1.54, 1.807) is 0 Å². The van der Waals surface area contributed by atoms with Gasteiger partial charge in [-0.3, -0.25) is 9.69 Å². The standard InChI is InChI=1S/C14H20IN3O/c15-12-3-1-11(2-4-12)9-18(10-14(16)19)13-5-7-17-8-6-13/h1-4,13,17H,5-10H2,(H2,16,19). The highest BCUT2D eigenvalue weighted by Crippen LogP contribution is 2.16. The maximum atomic E-state index is 11.3. The summed E-state index contributed by atoms with van der Waals surface area (Å²) in [6, 6.07) is 8.89. The molecule has 1 saturated heterocycles. The first-order valence-electron chi connectivity index (χ1n) is 6.62. The van der Waals surface area contributed by atoms with Gasteiger partial charge >= 0.3 is 0 Å². The molecule has 0 bridgehead atoms. The highest BCUT2D eigenvalue weighted by Gasteiger charge is 2.22. The first-order valence-corrected chi connectivity index (χ1v) is 7.70. The van der Waals surface area contributed by atoms with Crippen molar-refractivity contribution in [2.45, 2.75) is 25.4 Å². The van der Waals surface area contributed by atoms with E-state index < -0.39 is 0 Å². The zero-order valence-electron chi connectivity index (χ0n) is 10.9. The van der Waals surface area contributed by atoms with Crippen molar-refractivity contribution in [3.63, 3.8) is 0 Å². The van der Waals surface area contributed by atoms with Crippen molar-refractivity contribution in [2.24, 2.45) is 5.73 Å². The molecular weight excluding hydrogens is 353 g/mol. The molecule has 1 fully saturated rings. The number of piperidine rings is 1. The monoisotopic (exact) mass is 373 g/mol. The Hall–Kier alpha value is -0.660. The van der Waals surface area contributed by atoms with Crippen LogP contribution in [0.1, 0.15) is 18.4 Å². The van der Waals surface area contributed by atoms with Crippen LogP contribution in [0, 0.1) is 3.57 Å². The third kappa shape index (κ3) is 4.74. The lowest BCUT2D eigenvalue weighted by Crippen LogP contribution is -2.46. The first kappa shape index (κ1) is 14.7. The van der Waals surface area contributed by atoms with E-state index in [0.717, 1.165) is 32.5 Å². The molecule has 0 unspecified atom stereocenters. The number of hydrogen-bond donors (Lipinski definition) is 2. The SMILES string of the molecule is NC(=O)CN(Cc1ccc(I)cc1)C1CCNCC1.